The molecule has 0 saturated carbocycles. The highest BCUT2D eigenvalue weighted by molar-refractivity contribution is 5.13. The number of nitrogens with one attached hydrogen (secondary N) is 1. The Kier molecular flexibility index (Phi) is 3.48. The van der Waals surface area contributed by atoms with Crippen LogP contribution in [0.25, 0.3) is 0 Å². The molecule has 1 N–H and O–H groups in total. The van der Waals surface area contributed by atoms with E-state index in [1.807, 2.05) is 26.1 Å². The Bertz CT molecular complexity index is 295. The molecular formula is C11H14N2. The van der Waals surface area contributed by atoms with Gasteiger partial charge >= 0.3 is 0 Å². The van der Waals surface area contributed by atoms with Crippen LogP contribution in [0.3, 0.4) is 0 Å². The number of pyridine rings is 1. The summed E-state index contributed by atoms with van der Waals surface area (Å²) in [5, 5.41) is 3.19. The summed E-state index contributed by atoms with van der Waals surface area (Å²) in [5.74, 6) is 2.62. The first-order valence-corrected chi connectivity index (χ1v) is 4.33. The van der Waals surface area contributed by atoms with E-state index in [4.69, 9.17) is 6.42 Å². The van der Waals surface area contributed by atoms with Gasteiger partial charge in [0.2, 0.25) is 0 Å². The normalized spacial score (nSPS) is 12.1. The number of aryl methyl sites for hydroxylation is 1. The fourth-order valence-electron chi connectivity index (χ4n) is 0.933. The number of aromatic nitrogens is 1. The Morgan fingerprint density at radius 3 is 2.92 bits per heavy atom. The molecule has 0 saturated heterocycles. The average molecular weight is 174 g/mol. The van der Waals surface area contributed by atoms with Gasteiger partial charge in [-0.25, -0.2) is 0 Å². The van der Waals surface area contributed by atoms with Crippen molar-refractivity contribution in [3.05, 3.63) is 29.6 Å². The standard InChI is InChI=1S/C11H14N2/c1-4-9(2)12-7-11-6-5-10(3)13-8-11/h1,5-6,8-9,12H,7H2,2-3H3. The van der Waals surface area contributed by atoms with Crippen molar-refractivity contribution < 1.29 is 0 Å². The lowest BCUT2D eigenvalue weighted by Crippen LogP contribution is -2.23. The van der Waals surface area contributed by atoms with Gasteiger partial charge in [-0.2, -0.15) is 0 Å². The van der Waals surface area contributed by atoms with Gasteiger partial charge in [-0.05, 0) is 25.5 Å². The van der Waals surface area contributed by atoms with Crippen molar-refractivity contribution in [1.82, 2.24) is 10.3 Å². The predicted octanol–water partition coefficient (Wildman–Crippen LogP) is 1.50. The number of nitrogens with zero attached hydrogens (tertiary/aromatic N) is 1. The summed E-state index contributed by atoms with van der Waals surface area (Å²) < 4.78 is 0. The molecule has 0 aliphatic heterocycles. The van der Waals surface area contributed by atoms with Gasteiger partial charge in [0.25, 0.3) is 0 Å². The molecule has 0 radical (unpaired) electrons. The summed E-state index contributed by atoms with van der Waals surface area (Å²) in [5.41, 5.74) is 2.20. The minimum absolute atomic E-state index is 0.112. The molecule has 13 heavy (non-hydrogen) atoms. The fraction of sp³-hybridized carbons (Fsp3) is 0.364. The SMILES string of the molecule is C#CC(C)NCc1ccc(C)nc1. The zero-order valence-corrected chi connectivity index (χ0v) is 8.04. The first-order chi connectivity index (χ1) is 6.22. The number of hydrogen-bond acceptors (Lipinski definition) is 2. The van der Waals surface area contributed by atoms with Crippen molar-refractivity contribution in [1.29, 1.82) is 0 Å². The molecule has 1 aromatic rings. The van der Waals surface area contributed by atoms with E-state index in [0.717, 1.165) is 17.8 Å². The number of terminal acetylenes is 1. The summed E-state index contributed by atoms with van der Waals surface area (Å²) in [4.78, 5) is 4.19. The second-order valence-electron chi connectivity index (χ2n) is 3.08. The molecule has 2 heteroatoms. The van der Waals surface area contributed by atoms with E-state index in [-0.39, 0.29) is 6.04 Å². The van der Waals surface area contributed by atoms with Crippen LogP contribution in [-0.2, 0) is 6.54 Å². The Morgan fingerprint density at radius 1 is 1.62 bits per heavy atom. The third-order valence-electron chi connectivity index (χ3n) is 1.83. The van der Waals surface area contributed by atoms with Gasteiger partial charge in [-0.3, -0.25) is 10.3 Å². The van der Waals surface area contributed by atoms with E-state index in [9.17, 15) is 0 Å². The van der Waals surface area contributed by atoms with Crippen molar-refractivity contribution >= 4 is 0 Å². The van der Waals surface area contributed by atoms with Crippen LogP contribution in [0.1, 0.15) is 18.2 Å². The molecular weight excluding hydrogens is 160 g/mol. The van der Waals surface area contributed by atoms with Crippen LogP contribution >= 0.6 is 0 Å². The van der Waals surface area contributed by atoms with E-state index < -0.39 is 0 Å². The molecule has 0 aromatic carbocycles. The van der Waals surface area contributed by atoms with Crippen molar-refractivity contribution in [3.63, 3.8) is 0 Å². The molecule has 1 atom stereocenters. The second-order valence-corrected chi connectivity index (χ2v) is 3.08. The van der Waals surface area contributed by atoms with E-state index in [1.165, 1.54) is 0 Å². The molecule has 0 bridgehead atoms. The third-order valence-corrected chi connectivity index (χ3v) is 1.83. The van der Waals surface area contributed by atoms with E-state index in [2.05, 4.69) is 22.3 Å². The molecule has 0 aliphatic rings. The maximum Gasteiger partial charge on any atom is 0.0660 e. The molecule has 0 aliphatic carbocycles. The smallest absolute Gasteiger partial charge is 0.0660 e. The Balaban J connectivity index is 2.47. The van der Waals surface area contributed by atoms with Gasteiger partial charge in [0, 0.05) is 18.4 Å². The van der Waals surface area contributed by atoms with Crippen molar-refractivity contribution in [3.8, 4) is 12.3 Å². The first-order valence-electron chi connectivity index (χ1n) is 4.33. The molecule has 0 fully saturated rings. The van der Waals surface area contributed by atoms with Crippen LogP contribution in [0, 0.1) is 19.3 Å². The minimum atomic E-state index is 0.112. The quantitative estimate of drug-likeness (QED) is 0.702. The summed E-state index contributed by atoms with van der Waals surface area (Å²) in [6.45, 7) is 4.71. The predicted molar refractivity (Wildman–Crippen MR) is 54.1 cm³/mol. The highest BCUT2D eigenvalue weighted by Gasteiger charge is 1.96. The van der Waals surface area contributed by atoms with Gasteiger partial charge in [0.1, 0.15) is 0 Å². The lowest BCUT2D eigenvalue weighted by molar-refractivity contribution is 0.646. The van der Waals surface area contributed by atoms with Crippen LogP contribution in [0.15, 0.2) is 18.3 Å². The Labute approximate surface area is 79.4 Å². The largest absolute Gasteiger partial charge is 0.300 e. The molecule has 1 rings (SSSR count). The highest BCUT2D eigenvalue weighted by atomic mass is 14.9. The average Bonchev–Trinajstić information content (AvgIpc) is 2.16. The molecule has 0 spiro atoms. The minimum Gasteiger partial charge on any atom is -0.300 e. The molecule has 1 heterocycles. The molecule has 1 aromatic heterocycles. The highest BCUT2D eigenvalue weighted by Crippen LogP contribution is 1.98. The van der Waals surface area contributed by atoms with Crippen LogP contribution in [0.5, 0.6) is 0 Å². The van der Waals surface area contributed by atoms with E-state index in [1.54, 1.807) is 0 Å². The van der Waals surface area contributed by atoms with Crippen LogP contribution in [-0.4, -0.2) is 11.0 Å². The zero-order chi connectivity index (χ0) is 9.68. The van der Waals surface area contributed by atoms with Gasteiger partial charge in [0.15, 0.2) is 0 Å². The molecule has 0 amide bonds. The Hall–Kier alpha value is -1.33. The van der Waals surface area contributed by atoms with Crippen LogP contribution in [0.4, 0.5) is 0 Å². The van der Waals surface area contributed by atoms with Crippen molar-refractivity contribution in [2.45, 2.75) is 26.4 Å². The van der Waals surface area contributed by atoms with Crippen molar-refractivity contribution in [2.75, 3.05) is 0 Å². The van der Waals surface area contributed by atoms with Gasteiger partial charge in [-0.15, -0.1) is 6.42 Å². The zero-order valence-electron chi connectivity index (χ0n) is 8.04. The van der Waals surface area contributed by atoms with Gasteiger partial charge < -0.3 is 0 Å². The summed E-state index contributed by atoms with van der Waals surface area (Å²) in [6, 6.07) is 4.16. The van der Waals surface area contributed by atoms with Crippen molar-refractivity contribution in [2.24, 2.45) is 0 Å². The lowest BCUT2D eigenvalue weighted by atomic mass is 10.2. The summed E-state index contributed by atoms with van der Waals surface area (Å²) in [7, 11) is 0. The van der Waals surface area contributed by atoms with Crippen LogP contribution < -0.4 is 5.32 Å². The third kappa shape index (κ3) is 3.27. The van der Waals surface area contributed by atoms with Gasteiger partial charge in [-0.1, -0.05) is 12.0 Å². The number of rotatable bonds is 3. The van der Waals surface area contributed by atoms with E-state index >= 15 is 0 Å². The molecule has 1 unspecified atom stereocenters. The second kappa shape index (κ2) is 4.64. The summed E-state index contributed by atoms with van der Waals surface area (Å²) in [6.07, 6.45) is 7.10. The maximum atomic E-state index is 5.23. The lowest BCUT2D eigenvalue weighted by Gasteiger charge is -2.06. The maximum absolute atomic E-state index is 5.23. The molecule has 2 nitrogen and oxygen atoms in total. The fourth-order valence-corrected chi connectivity index (χ4v) is 0.933. The van der Waals surface area contributed by atoms with Gasteiger partial charge in [0.05, 0.1) is 6.04 Å². The van der Waals surface area contributed by atoms with E-state index in [0.29, 0.717) is 0 Å². The first kappa shape index (κ1) is 9.76. The number of hydrogen-bond donors (Lipinski definition) is 1. The Morgan fingerprint density at radius 2 is 2.38 bits per heavy atom. The monoisotopic (exact) mass is 174 g/mol. The van der Waals surface area contributed by atoms with Crippen LogP contribution in [0.2, 0.25) is 0 Å². The summed E-state index contributed by atoms with van der Waals surface area (Å²) >= 11 is 0. The topological polar surface area (TPSA) is 24.9 Å². The molecule has 68 valence electrons.